The Morgan fingerprint density at radius 3 is 2.50 bits per heavy atom. The first-order valence-electron chi connectivity index (χ1n) is 11.4. The monoisotopic (exact) mass is 457 g/mol. The van der Waals surface area contributed by atoms with Crippen LogP contribution in [0.2, 0.25) is 0 Å². The molecular formula is C28H27NO5. The normalized spacial score (nSPS) is 11.2. The van der Waals surface area contributed by atoms with Gasteiger partial charge in [0.1, 0.15) is 17.2 Å². The van der Waals surface area contributed by atoms with Gasteiger partial charge in [-0.1, -0.05) is 61.0 Å². The third kappa shape index (κ3) is 5.64. The first kappa shape index (κ1) is 23.1. The van der Waals surface area contributed by atoms with Crippen LogP contribution < -0.4 is 9.47 Å². The van der Waals surface area contributed by atoms with Gasteiger partial charge in [-0.15, -0.1) is 0 Å². The van der Waals surface area contributed by atoms with Gasteiger partial charge in [0.25, 0.3) is 0 Å². The van der Waals surface area contributed by atoms with Crippen LogP contribution in [0.15, 0.2) is 77.3 Å². The second-order valence-electron chi connectivity index (χ2n) is 7.86. The van der Waals surface area contributed by atoms with Gasteiger partial charge in [-0.2, -0.15) is 0 Å². The molecule has 0 fully saturated rings. The molecule has 0 spiro atoms. The Labute approximate surface area is 198 Å². The Morgan fingerprint density at radius 2 is 1.76 bits per heavy atom. The molecule has 1 N–H and O–H groups in total. The summed E-state index contributed by atoms with van der Waals surface area (Å²) in [7, 11) is 0. The number of nitrogens with zero attached hydrogens (tertiary/aromatic N) is 1. The molecule has 0 aliphatic carbocycles. The van der Waals surface area contributed by atoms with Crippen molar-refractivity contribution in [2.75, 3.05) is 13.2 Å². The van der Waals surface area contributed by atoms with E-state index in [1.807, 2.05) is 66.7 Å². The molecule has 4 aromatic rings. The summed E-state index contributed by atoms with van der Waals surface area (Å²) in [5.74, 6) is 0.580. The molecule has 0 saturated heterocycles. The molecule has 0 aliphatic rings. The van der Waals surface area contributed by atoms with Crippen LogP contribution in [-0.2, 0) is 11.2 Å². The number of fused-ring (bicyclic) bond motifs is 1. The van der Waals surface area contributed by atoms with Crippen molar-refractivity contribution < 1.29 is 23.9 Å². The first-order valence-corrected chi connectivity index (χ1v) is 11.4. The fourth-order valence-corrected chi connectivity index (χ4v) is 3.74. The van der Waals surface area contributed by atoms with Crippen LogP contribution in [0.25, 0.3) is 28.3 Å². The van der Waals surface area contributed by atoms with Gasteiger partial charge in [-0.05, 0) is 42.3 Å². The van der Waals surface area contributed by atoms with Gasteiger partial charge < -0.3 is 19.1 Å². The lowest BCUT2D eigenvalue weighted by atomic mass is 10.0. The van der Waals surface area contributed by atoms with Crippen LogP contribution in [0, 0.1) is 0 Å². The second-order valence-corrected chi connectivity index (χ2v) is 7.86. The van der Waals surface area contributed by atoms with E-state index in [2.05, 4.69) is 12.1 Å². The highest BCUT2D eigenvalue weighted by atomic mass is 16.5. The summed E-state index contributed by atoms with van der Waals surface area (Å²) in [6.45, 7) is 3.16. The maximum atomic E-state index is 10.6. The molecule has 0 unspecified atom stereocenters. The minimum atomic E-state index is -0.971. The molecule has 6 nitrogen and oxygen atoms in total. The molecule has 1 aromatic heterocycles. The van der Waals surface area contributed by atoms with Gasteiger partial charge in [-0.3, -0.25) is 0 Å². The predicted molar refractivity (Wildman–Crippen MR) is 132 cm³/mol. The van der Waals surface area contributed by atoms with Crippen molar-refractivity contribution in [1.29, 1.82) is 0 Å². The minimum absolute atomic E-state index is 0.510. The number of aromatic nitrogens is 1. The highest BCUT2D eigenvalue weighted by Gasteiger charge is 2.17. The molecule has 0 amide bonds. The number of carboxylic acids is 1. The van der Waals surface area contributed by atoms with Crippen LogP contribution in [-0.4, -0.2) is 29.4 Å². The van der Waals surface area contributed by atoms with Crippen molar-refractivity contribution in [1.82, 2.24) is 5.16 Å². The third-order valence-electron chi connectivity index (χ3n) is 5.36. The van der Waals surface area contributed by atoms with Gasteiger partial charge in [0.05, 0.1) is 18.6 Å². The lowest BCUT2D eigenvalue weighted by Gasteiger charge is -2.12. The lowest BCUT2D eigenvalue weighted by Crippen LogP contribution is -2.06. The summed E-state index contributed by atoms with van der Waals surface area (Å²) in [5.41, 5.74) is 4.50. The Morgan fingerprint density at radius 1 is 1.00 bits per heavy atom. The van der Waals surface area contributed by atoms with Gasteiger partial charge in [-0.25, -0.2) is 4.79 Å². The summed E-state index contributed by atoms with van der Waals surface area (Å²) >= 11 is 0. The predicted octanol–water partition coefficient (Wildman–Crippen LogP) is 6.39. The molecule has 1 heterocycles. The summed E-state index contributed by atoms with van der Waals surface area (Å²) in [6.07, 6.45) is 5.18. The zero-order valence-corrected chi connectivity index (χ0v) is 19.1. The lowest BCUT2D eigenvalue weighted by molar-refractivity contribution is -0.131. The van der Waals surface area contributed by atoms with Crippen molar-refractivity contribution in [3.63, 3.8) is 0 Å². The molecular weight excluding hydrogens is 430 g/mol. The standard InChI is InChI=1S/C28H27NO5/c1-2-7-23-25(16-15-24-27(29-34-28(23)24)21-8-4-3-5-9-21)33-19-6-18-32-22-13-10-20(11-14-22)12-17-26(30)31/h3-5,8-17H,2,6-7,18-19H2,1H3,(H,30,31)/b17-12+. The van der Waals surface area contributed by atoms with E-state index in [9.17, 15) is 4.79 Å². The quantitative estimate of drug-likeness (QED) is 0.207. The number of carboxylic acid groups (broad SMARTS) is 1. The molecule has 34 heavy (non-hydrogen) atoms. The highest BCUT2D eigenvalue weighted by molar-refractivity contribution is 5.94. The van der Waals surface area contributed by atoms with Gasteiger partial charge >= 0.3 is 5.97 Å². The number of hydrogen-bond acceptors (Lipinski definition) is 5. The Bertz CT molecular complexity index is 1260. The number of rotatable bonds is 11. The summed E-state index contributed by atoms with van der Waals surface area (Å²) in [4.78, 5) is 10.6. The molecule has 0 bridgehead atoms. The molecule has 0 aliphatic heterocycles. The smallest absolute Gasteiger partial charge is 0.328 e. The largest absolute Gasteiger partial charge is 0.493 e. The zero-order valence-electron chi connectivity index (χ0n) is 19.1. The SMILES string of the molecule is CCCc1c(OCCCOc2ccc(/C=C/C(=O)O)cc2)ccc2c(-c3ccccc3)noc12. The molecule has 0 saturated carbocycles. The van der Waals surface area contributed by atoms with Gasteiger partial charge in [0.2, 0.25) is 0 Å². The van der Waals surface area contributed by atoms with Crippen LogP contribution in [0.1, 0.15) is 30.9 Å². The molecule has 0 radical (unpaired) electrons. The summed E-state index contributed by atoms with van der Waals surface area (Å²) < 4.78 is 17.6. The van der Waals surface area contributed by atoms with Crippen LogP contribution in [0.4, 0.5) is 0 Å². The van der Waals surface area contributed by atoms with Crippen LogP contribution >= 0.6 is 0 Å². The average Bonchev–Trinajstić information content (AvgIpc) is 3.29. The fraction of sp³-hybridized carbons (Fsp3) is 0.214. The van der Waals surface area contributed by atoms with Gasteiger partial charge in [0.15, 0.2) is 5.58 Å². The van der Waals surface area contributed by atoms with Crippen molar-refractivity contribution in [2.45, 2.75) is 26.2 Å². The maximum Gasteiger partial charge on any atom is 0.328 e. The number of aryl methyl sites for hydroxylation is 1. The second kappa shape index (κ2) is 11.2. The van der Waals surface area contributed by atoms with Gasteiger partial charge in [0, 0.05) is 23.6 Å². The number of benzene rings is 3. The molecule has 3 aromatic carbocycles. The van der Waals surface area contributed by atoms with E-state index in [1.165, 1.54) is 0 Å². The van der Waals surface area contributed by atoms with E-state index in [0.717, 1.165) is 70.2 Å². The van der Waals surface area contributed by atoms with E-state index in [0.29, 0.717) is 13.2 Å². The van der Waals surface area contributed by atoms with E-state index in [1.54, 1.807) is 6.08 Å². The van der Waals surface area contributed by atoms with E-state index < -0.39 is 5.97 Å². The Hall–Kier alpha value is -4.06. The minimum Gasteiger partial charge on any atom is -0.493 e. The topological polar surface area (TPSA) is 81.8 Å². The Balaban J connectivity index is 1.36. The summed E-state index contributed by atoms with van der Waals surface area (Å²) in [6, 6.07) is 21.3. The van der Waals surface area contributed by atoms with E-state index >= 15 is 0 Å². The van der Waals surface area contributed by atoms with Crippen LogP contribution in [0.5, 0.6) is 11.5 Å². The highest BCUT2D eigenvalue weighted by Crippen LogP contribution is 2.35. The van der Waals surface area contributed by atoms with Crippen molar-refractivity contribution >= 4 is 23.0 Å². The molecule has 0 atom stereocenters. The number of ether oxygens (including phenoxy) is 2. The zero-order chi connectivity index (χ0) is 23.8. The number of carbonyl (C=O) groups is 1. The molecule has 6 heteroatoms. The first-order chi connectivity index (χ1) is 16.7. The third-order valence-corrected chi connectivity index (χ3v) is 5.36. The van der Waals surface area contributed by atoms with E-state index in [-0.39, 0.29) is 0 Å². The Kier molecular flexibility index (Phi) is 7.60. The average molecular weight is 458 g/mol. The van der Waals surface area contributed by atoms with E-state index in [4.69, 9.17) is 19.1 Å². The molecule has 174 valence electrons. The number of hydrogen-bond donors (Lipinski definition) is 1. The molecule has 4 rings (SSSR count). The summed E-state index contributed by atoms with van der Waals surface area (Å²) in [5, 5.41) is 14.0. The number of aliphatic carboxylic acids is 1. The van der Waals surface area contributed by atoms with Crippen molar-refractivity contribution in [2.24, 2.45) is 0 Å². The van der Waals surface area contributed by atoms with Crippen molar-refractivity contribution in [3.05, 3.63) is 83.9 Å². The maximum absolute atomic E-state index is 10.6. The fourth-order valence-electron chi connectivity index (χ4n) is 3.74. The van der Waals surface area contributed by atoms with Crippen LogP contribution in [0.3, 0.4) is 0 Å². The van der Waals surface area contributed by atoms with Crippen molar-refractivity contribution in [3.8, 4) is 22.8 Å².